The predicted octanol–water partition coefficient (Wildman–Crippen LogP) is 3.78. The van der Waals surface area contributed by atoms with Gasteiger partial charge in [-0.25, -0.2) is 0 Å². The van der Waals surface area contributed by atoms with Crippen molar-refractivity contribution in [3.05, 3.63) is 28.0 Å². The fourth-order valence-corrected chi connectivity index (χ4v) is 3.11. The first-order valence-corrected chi connectivity index (χ1v) is 6.99. The minimum atomic E-state index is 0.528. The molecule has 0 saturated carbocycles. The first kappa shape index (κ1) is 12.2. The van der Waals surface area contributed by atoms with E-state index < -0.39 is 0 Å². The Kier molecular flexibility index (Phi) is 3.41. The number of hydrogen-bond donors (Lipinski definition) is 1. The Labute approximate surface area is 116 Å². The van der Waals surface area contributed by atoms with Crippen molar-refractivity contribution in [3.63, 3.8) is 0 Å². The lowest BCUT2D eigenvalue weighted by Crippen LogP contribution is -2.22. The van der Waals surface area contributed by atoms with Gasteiger partial charge < -0.3 is 14.3 Å². The molecule has 18 heavy (non-hydrogen) atoms. The average Bonchev–Trinajstić information content (AvgIpc) is 2.69. The van der Waals surface area contributed by atoms with Gasteiger partial charge in [0.05, 0.1) is 22.7 Å². The number of aromatic amines is 1. The standard InChI is InChI=1S/C13H15ClN2OS/c14-10-4-1-5-11-12(10)16(13(18)15-11)7-9-3-2-6-17-8-9/h1,4-5,9H,2-3,6-8H2,(H,15,18). The number of imidazole rings is 1. The second kappa shape index (κ2) is 5.03. The Hall–Kier alpha value is -0.840. The molecule has 0 aliphatic carbocycles. The number of aromatic nitrogens is 2. The molecule has 0 bridgehead atoms. The summed E-state index contributed by atoms with van der Waals surface area (Å²) in [6.07, 6.45) is 2.33. The Morgan fingerprint density at radius 2 is 2.39 bits per heavy atom. The van der Waals surface area contributed by atoms with Crippen LogP contribution >= 0.6 is 23.8 Å². The van der Waals surface area contributed by atoms with Gasteiger partial charge in [0.1, 0.15) is 0 Å². The van der Waals surface area contributed by atoms with Crippen LogP contribution in [-0.4, -0.2) is 22.8 Å². The lowest BCUT2D eigenvalue weighted by Gasteiger charge is -2.22. The molecule has 1 aromatic heterocycles. The monoisotopic (exact) mass is 282 g/mol. The molecular formula is C13H15ClN2OS. The predicted molar refractivity (Wildman–Crippen MR) is 75.7 cm³/mol. The second-order valence-electron chi connectivity index (χ2n) is 4.76. The number of nitrogens with one attached hydrogen (secondary N) is 1. The van der Waals surface area contributed by atoms with E-state index in [2.05, 4.69) is 9.55 Å². The highest BCUT2D eigenvalue weighted by Gasteiger charge is 2.17. The Morgan fingerprint density at radius 1 is 1.50 bits per heavy atom. The number of H-pyrrole nitrogens is 1. The molecule has 2 heterocycles. The Morgan fingerprint density at radius 3 is 3.17 bits per heavy atom. The number of nitrogens with zero attached hydrogens (tertiary/aromatic N) is 1. The number of ether oxygens (including phenoxy) is 1. The smallest absolute Gasteiger partial charge is 0.178 e. The molecule has 1 aliphatic rings. The molecule has 1 aliphatic heterocycles. The number of fused-ring (bicyclic) bond motifs is 1. The third-order valence-corrected chi connectivity index (χ3v) is 4.07. The molecule has 0 radical (unpaired) electrons. The van der Waals surface area contributed by atoms with Crippen LogP contribution in [0.15, 0.2) is 18.2 Å². The zero-order valence-electron chi connectivity index (χ0n) is 9.99. The maximum absolute atomic E-state index is 6.27. The molecule has 1 atom stereocenters. The van der Waals surface area contributed by atoms with E-state index in [1.165, 1.54) is 6.42 Å². The number of halogens is 1. The van der Waals surface area contributed by atoms with Crippen LogP contribution in [0.25, 0.3) is 11.0 Å². The summed E-state index contributed by atoms with van der Waals surface area (Å²) in [5.74, 6) is 0.528. The third kappa shape index (κ3) is 2.20. The highest BCUT2D eigenvalue weighted by Crippen LogP contribution is 2.25. The first-order chi connectivity index (χ1) is 8.75. The fraction of sp³-hybridized carbons (Fsp3) is 0.462. The van der Waals surface area contributed by atoms with Gasteiger partial charge in [-0.3, -0.25) is 0 Å². The van der Waals surface area contributed by atoms with Crippen molar-refractivity contribution < 1.29 is 4.74 Å². The highest BCUT2D eigenvalue weighted by atomic mass is 35.5. The summed E-state index contributed by atoms with van der Waals surface area (Å²) in [6.45, 7) is 2.58. The van der Waals surface area contributed by atoms with Crippen LogP contribution in [0.2, 0.25) is 5.02 Å². The minimum Gasteiger partial charge on any atom is -0.381 e. The van der Waals surface area contributed by atoms with Crippen LogP contribution in [-0.2, 0) is 11.3 Å². The van der Waals surface area contributed by atoms with Gasteiger partial charge in [0, 0.05) is 19.1 Å². The molecule has 0 amide bonds. The van der Waals surface area contributed by atoms with Crippen molar-refractivity contribution in [1.29, 1.82) is 0 Å². The van der Waals surface area contributed by atoms with E-state index in [9.17, 15) is 0 Å². The quantitative estimate of drug-likeness (QED) is 0.850. The largest absolute Gasteiger partial charge is 0.381 e. The van der Waals surface area contributed by atoms with Gasteiger partial charge >= 0.3 is 0 Å². The summed E-state index contributed by atoms with van der Waals surface area (Å²) in [5.41, 5.74) is 2.01. The topological polar surface area (TPSA) is 29.9 Å². The van der Waals surface area contributed by atoms with Gasteiger partial charge in [-0.2, -0.15) is 0 Å². The SMILES string of the molecule is S=c1[nH]c2cccc(Cl)c2n1CC1CCCOC1. The van der Waals surface area contributed by atoms with E-state index in [1.807, 2.05) is 18.2 Å². The maximum atomic E-state index is 6.27. The van der Waals surface area contributed by atoms with E-state index in [-0.39, 0.29) is 0 Å². The molecule has 1 N–H and O–H groups in total. The van der Waals surface area contributed by atoms with Gasteiger partial charge in [-0.1, -0.05) is 17.7 Å². The minimum absolute atomic E-state index is 0.528. The Bertz CT molecular complexity index is 613. The normalized spacial score (nSPS) is 20.4. The van der Waals surface area contributed by atoms with Gasteiger partial charge in [0.2, 0.25) is 0 Å². The highest BCUT2D eigenvalue weighted by molar-refractivity contribution is 7.71. The molecule has 1 unspecified atom stereocenters. The van der Waals surface area contributed by atoms with Crippen molar-refractivity contribution in [2.45, 2.75) is 19.4 Å². The summed E-state index contributed by atoms with van der Waals surface area (Å²) >= 11 is 11.7. The van der Waals surface area contributed by atoms with Gasteiger partial charge in [0.25, 0.3) is 0 Å². The van der Waals surface area contributed by atoms with Gasteiger partial charge in [-0.05, 0) is 37.2 Å². The molecule has 96 valence electrons. The molecule has 3 rings (SSSR count). The van der Waals surface area contributed by atoms with Crippen molar-refractivity contribution >= 4 is 34.9 Å². The van der Waals surface area contributed by atoms with E-state index in [1.54, 1.807) is 0 Å². The maximum Gasteiger partial charge on any atom is 0.178 e. The molecule has 3 nitrogen and oxygen atoms in total. The summed E-state index contributed by atoms with van der Waals surface area (Å²) in [6, 6.07) is 5.84. The number of benzene rings is 1. The molecule has 1 aromatic carbocycles. The second-order valence-corrected chi connectivity index (χ2v) is 5.55. The summed E-state index contributed by atoms with van der Waals surface area (Å²) in [5, 5.41) is 0.747. The van der Waals surface area contributed by atoms with Crippen LogP contribution in [0, 0.1) is 10.7 Å². The summed E-state index contributed by atoms with van der Waals surface area (Å²) in [4.78, 5) is 3.21. The van der Waals surface area contributed by atoms with Crippen molar-refractivity contribution in [2.24, 2.45) is 5.92 Å². The van der Waals surface area contributed by atoms with Crippen molar-refractivity contribution in [3.8, 4) is 0 Å². The lowest BCUT2D eigenvalue weighted by atomic mass is 10.0. The molecule has 1 saturated heterocycles. The van der Waals surface area contributed by atoms with E-state index in [0.717, 1.165) is 47.0 Å². The van der Waals surface area contributed by atoms with Crippen LogP contribution in [0.5, 0.6) is 0 Å². The summed E-state index contributed by atoms with van der Waals surface area (Å²) < 4.78 is 8.37. The zero-order chi connectivity index (χ0) is 12.5. The molecule has 0 spiro atoms. The fourth-order valence-electron chi connectivity index (χ4n) is 2.56. The molecule has 5 heteroatoms. The van der Waals surface area contributed by atoms with Crippen LogP contribution in [0.3, 0.4) is 0 Å². The average molecular weight is 283 g/mol. The zero-order valence-corrected chi connectivity index (χ0v) is 11.6. The van der Waals surface area contributed by atoms with Crippen molar-refractivity contribution in [2.75, 3.05) is 13.2 Å². The molecular weight excluding hydrogens is 268 g/mol. The number of para-hydroxylation sites is 1. The van der Waals surface area contributed by atoms with Crippen LogP contribution in [0.1, 0.15) is 12.8 Å². The molecule has 1 fully saturated rings. The van der Waals surface area contributed by atoms with Crippen molar-refractivity contribution in [1.82, 2.24) is 9.55 Å². The van der Waals surface area contributed by atoms with Gasteiger partial charge in [0.15, 0.2) is 4.77 Å². The first-order valence-electron chi connectivity index (χ1n) is 6.20. The van der Waals surface area contributed by atoms with E-state index in [4.69, 9.17) is 28.6 Å². The number of hydrogen-bond acceptors (Lipinski definition) is 2. The van der Waals surface area contributed by atoms with E-state index >= 15 is 0 Å². The molecule has 2 aromatic rings. The van der Waals surface area contributed by atoms with Gasteiger partial charge in [-0.15, -0.1) is 0 Å². The number of rotatable bonds is 2. The van der Waals surface area contributed by atoms with Crippen LogP contribution in [0.4, 0.5) is 0 Å². The third-order valence-electron chi connectivity index (χ3n) is 3.44. The van der Waals surface area contributed by atoms with E-state index in [0.29, 0.717) is 5.92 Å². The summed E-state index contributed by atoms with van der Waals surface area (Å²) in [7, 11) is 0. The van der Waals surface area contributed by atoms with Crippen LogP contribution < -0.4 is 0 Å². The lowest BCUT2D eigenvalue weighted by molar-refractivity contribution is 0.0486. The Balaban J connectivity index is 2.00.